The number of rotatable bonds is 6. The molecule has 1 saturated heterocycles. The van der Waals surface area contributed by atoms with E-state index in [2.05, 4.69) is 5.32 Å². The van der Waals surface area contributed by atoms with Crippen LogP contribution in [0, 0.1) is 17.6 Å². The third-order valence-electron chi connectivity index (χ3n) is 4.82. The van der Waals surface area contributed by atoms with Gasteiger partial charge in [0.15, 0.2) is 0 Å². The fraction of sp³-hybridized carbons (Fsp3) is 0.636. The van der Waals surface area contributed by atoms with E-state index in [0.717, 1.165) is 37.6 Å². The van der Waals surface area contributed by atoms with Crippen LogP contribution in [-0.4, -0.2) is 59.6 Å². The van der Waals surface area contributed by atoms with Crippen molar-refractivity contribution in [2.75, 3.05) is 31.5 Å². The van der Waals surface area contributed by atoms with Gasteiger partial charge in [-0.15, -0.1) is 0 Å². The number of piperidine rings is 1. The van der Waals surface area contributed by atoms with Crippen LogP contribution in [0.5, 0.6) is 0 Å². The van der Waals surface area contributed by atoms with E-state index in [1.165, 1.54) is 0 Å². The van der Waals surface area contributed by atoms with Crippen LogP contribution in [0.2, 0.25) is 0 Å². The largest absolute Gasteiger partial charge is 0.444 e. The summed E-state index contributed by atoms with van der Waals surface area (Å²) in [6, 6.07) is 2.93. The van der Waals surface area contributed by atoms with Gasteiger partial charge in [0.2, 0.25) is 5.91 Å². The third kappa shape index (κ3) is 7.89. The number of carbonyl (C=O) groups excluding carboxylic acids is 2. The molecule has 0 aromatic heterocycles. The zero-order chi connectivity index (χ0) is 22.5. The molecule has 1 aliphatic rings. The Balaban J connectivity index is 1.92. The molecular formula is C22H33F2N3O3. The molecule has 1 atom stereocenters. The predicted molar refractivity (Wildman–Crippen MR) is 112 cm³/mol. The highest BCUT2D eigenvalue weighted by Crippen LogP contribution is 2.21. The minimum Gasteiger partial charge on any atom is -0.444 e. The molecule has 30 heavy (non-hydrogen) atoms. The summed E-state index contributed by atoms with van der Waals surface area (Å²) in [5.41, 5.74) is -0.459. The molecule has 0 bridgehead atoms. The topological polar surface area (TPSA) is 61.9 Å². The van der Waals surface area contributed by atoms with Crippen LogP contribution in [0.4, 0.5) is 19.3 Å². The van der Waals surface area contributed by atoms with Crippen LogP contribution in [0.1, 0.15) is 47.5 Å². The fourth-order valence-electron chi connectivity index (χ4n) is 3.57. The first-order chi connectivity index (χ1) is 13.9. The van der Waals surface area contributed by atoms with Gasteiger partial charge in [0.05, 0.1) is 6.54 Å². The fourth-order valence-corrected chi connectivity index (χ4v) is 3.57. The second-order valence-electron chi connectivity index (χ2n) is 9.18. The van der Waals surface area contributed by atoms with Gasteiger partial charge in [-0.25, -0.2) is 13.6 Å². The van der Waals surface area contributed by atoms with Gasteiger partial charge < -0.3 is 15.0 Å². The Morgan fingerprint density at radius 1 is 1.23 bits per heavy atom. The number of nitrogens with one attached hydrogen (secondary N) is 1. The van der Waals surface area contributed by atoms with Crippen molar-refractivity contribution in [3.05, 3.63) is 29.8 Å². The molecule has 0 spiro atoms. The van der Waals surface area contributed by atoms with E-state index in [4.69, 9.17) is 4.74 Å². The van der Waals surface area contributed by atoms with Crippen LogP contribution in [0.25, 0.3) is 0 Å². The lowest BCUT2D eigenvalue weighted by atomic mass is 9.97. The Labute approximate surface area is 177 Å². The van der Waals surface area contributed by atoms with Gasteiger partial charge in [-0.2, -0.15) is 0 Å². The molecule has 1 aliphatic heterocycles. The molecule has 1 N–H and O–H groups in total. The molecule has 1 aromatic rings. The maximum atomic E-state index is 13.3. The minimum atomic E-state index is -0.737. The van der Waals surface area contributed by atoms with E-state index in [0.29, 0.717) is 13.1 Å². The highest BCUT2D eigenvalue weighted by molar-refractivity contribution is 5.92. The number of likely N-dealkylation sites (tertiary alicyclic amines) is 1. The molecule has 2 amide bonds. The maximum absolute atomic E-state index is 13.3. The Bertz CT molecular complexity index is 729. The predicted octanol–water partition coefficient (Wildman–Crippen LogP) is 4.26. The molecule has 0 aliphatic carbocycles. The molecule has 168 valence electrons. The number of hydrogen-bond acceptors (Lipinski definition) is 4. The molecule has 2 rings (SSSR count). The molecule has 1 aromatic carbocycles. The Kier molecular flexibility index (Phi) is 8.18. The van der Waals surface area contributed by atoms with E-state index >= 15 is 0 Å². The zero-order valence-electron chi connectivity index (χ0n) is 18.5. The summed E-state index contributed by atoms with van der Waals surface area (Å²) in [6.07, 6.45) is 1.53. The van der Waals surface area contributed by atoms with Crippen LogP contribution in [0.15, 0.2) is 18.2 Å². The number of carbonyl (C=O) groups is 2. The van der Waals surface area contributed by atoms with Crippen molar-refractivity contribution in [3.63, 3.8) is 0 Å². The average Bonchev–Trinajstić information content (AvgIpc) is 2.57. The average molecular weight is 426 g/mol. The van der Waals surface area contributed by atoms with Gasteiger partial charge >= 0.3 is 6.09 Å². The molecule has 8 heteroatoms. The lowest BCUT2D eigenvalue weighted by Crippen LogP contribution is -2.48. The first-order valence-electron chi connectivity index (χ1n) is 10.4. The summed E-state index contributed by atoms with van der Waals surface area (Å²) < 4.78 is 32.1. The van der Waals surface area contributed by atoms with Crippen molar-refractivity contribution in [2.24, 2.45) is 5.92 Å². The lowest BCUT2D eigenvalue weighted by Gasteiger charge is -2.37. The van der Waals surface area contributed by atoms with Gasteiger partial charge in [0.1, 0.15) is 17.2 Å². The Hall–Kier alpha value is -2.22. The highest BCUT2D eigenvalue weighted by Gasteiger charge is 2.29. The highest BCUT2D eigenvalue weighted by atomic mass is 19.1. The standard InChI is InChI=1S/C22H33F2N3O3/c1-15(2)27(21(29)30-22(3,4)5)13-16-7-6-8-26(12-16)14-20(28)25-19-10-17(23)9-18(24)11-19/h9-11,15-16H,6-8,12-14H2,1-5H3,(H,25,28). The Morgan fingerprint density at radius 2 is 1.87 bits per heavy atom. The zero-order valence-corrected chi connectivity index (χ0v) is 18.5. The molecule has 0 saturated carbocycles. The van der Waals surface area contributed by atoms with E-state index < -0.39 is 17.2 Å². The Morgan fingerprint density at radius 3 is 2.43 bits per heavy atom. The van der Waals surface area contributed by atoms with Gasteiger partial charge in [0, 0.05) is 30.9 Å². The van der Waals surface area contributed by atoms with E-state index in [9.17, 15) is 18.4 Å². The number of benzene rings is 1. The number of amides is 2. The van der Waals surface area contributed by atoms with Crippen LogP contribution in [0.3, 0.4) is 0 Å². The van der Waals surface area contributed by atoms with Crippen LogP contribution in [-0.2, 0) is 9.53 Å². The normalized spacial score (nSPS) is 17.7. The number of ether oxygens (including phenoxy) is 1. The smallest absolute Gasteiger partial charge is 0.410 e. The lowest BCUT2D eigenvalue weighted by molar-refractivity contribution is -0.117. The minimum absolute atomic E-state index is 0.00130. The van der Waals surface area contributed by atoms with Gasteiger partial charge in [-0.05, 0) is 72.1 Å². The quantitative estimate of drug-likeness (QED) is 0.740. The van der Waals surface area contributed by atoms with Crippen molar-refractivity contribution in [2.45, 2.75) is 59.1 Å². The first kappa shape index (κ1) is 24.1. The number of anilines is 1. The molecular weight excluding hydrogens is 392 g/mol. The first-order valence-corrected chi connectivity index (χ1v) is 10.4. The van der Waals surface area contributed by atoms with Crippen molar-refractivity contribution in [1.29, 1.82) is 0 Å². The summed E-state index contributed by atoms with van der Waals surface area (Å²) in [4.78, 5) is 28.6. The molecule has 1 fully saturated rings. The van der Waals surface area contributed by atoms with Crippen LogP contribution >= 0.6 is 0 Å². The maximum Gasteiger partial charge on any atom is 0.410 e. The second kappa shape index (κ2) is 10.2. The second-order valence-corrected chi connectivity index (χ2v) is 9.18. The van der Waals surface area contributed by atoms with Crippen molar-refractivity contribution in [1.82, 2.24) is 9.80 Å². The van der Waals surface area contributed by atoms with Crippen molar-refractivity contribution in [3.8, 4) is 0 Å². The van der Waals surface area contributed by atoms with E-state index in [1.54, 1.807) is 4.90 Å². The van der Waals surface area contributed by atoms with E-state index in [-0.39, 0.29) is 36.2 Å². The summed E-state index contributed by atoms with van der Waals surface area (Å²) in [5, 5.41) is 2.54. The molecule has 1 heterocycles. The summed E-state index contributed by atoms with van der Waals surface area (Å²) in [6.45, 7) is 11.5. The molecule has 1 unspecified atom stereocenters. The number of halogens is 2. The summed E-state index contributed by atoms with van der Waals surface area (Å²) in [5.74, 6) is -1.58. The molecule has 0 radical (unpaired) electrons. The summed E-state index contributed by atoms with van der Waals surface area (Å²) >= 11 is 0. The number of hydrogen-bond donors (Lipinski definition) is 1. The van der Waals surface area contributed by atoms with E-state index in [1.807, 2.05) is 39.5 Å². The van der Waals surface area contributed by atoms with Crippen LogP contribution < -0.4 is 5.32 Å². The van der Waals surface area contributed by atoms with Crippen molar-refractivity contribution >= 4 is 17.7 Å². The van der Waals surface area contributed by atoms with Gasteiger partial charge in [0.25, 0.3) is 0 Å². The number of nitrogens with zero attached hydrogens (tertiary/aromatic N) is 2. The van der Waals surface area contributed by atoms with Crippen molar-refractivity contribution < 1.29 is 23.1 Å². The third-order valence-corrected chi connectivity index (χ3v) is 4.82. The van der Waals surface area contributed by atoms with Gasteiger partial charge in [-0.3, -0.25) is 9.69 Å². The monoisotopic (exact) mass is 425 g/mol. The van der Waals surface area contributed by atoms with Gasteiger partial charge in [-0.1, -0.05) is 0 Å². The summed E-state index contributed by atoms with van der Waals surface area (Å²) in [7, 11) is 0. The SMILES string of the molecule is CC(C)N(CC1CCCN(CC(=O)Nc2cc(F)cc(F)c2)C1)C(=O)OC(C)(C)C. The molecule has 6 nitrogen and oxygen atoms in total.